The lowest BCUT2D eigenvalue weighted by Crippen LogP contribution is -2.31. The van der Waals surface area contributed by atoms with Crippen molar-refractivity contribution in [3.8, 4) is 11.1 Å². The Hall–Kier alpha value is -2.43. The average molecular weight is 363 g/mol. The molecule has 0 aliphatic heterocycles. The number of benzene rings is 3. The number of nitrogens with one attached hydrogen (secondary N) is 1. The van der Waals surface area contributed by atoms with Gasteiger partial charge in [-0.3, -0.25) is 0 Å². The molecule has 132 valence electrons. The van der Waals surface area contributed by atoms with E-state index in [1.807, 2.05) is 60.7 Å². The van der Waals surface area contributed by atoms with Crippen LogP contribution in [0.5, 0.6) is 0 Å². The molecule has 3 nitrogen and oxygen atoms in total. The number of sulfonamides is 1. The summed E-state index contributed by atoms with van der Waals surface area (Å²) in [6, 6.07) is 25.0. The van der Waals surface area contributed by atoms with Gasteiger partial charge in [0.2, 0.25) is 10.0 Å². The van der Waals surface area contributed by atoms with Gasteiger partial charge in [-0.15, -0.1) is 0 Å². The minimum Gasteiger partial charge on any atom is -0.207 e. The van der Waals surface area contributed by atoms with Crippen LogP contribution in [0.3, 0.4) is 0 Å². The highest BCUT2D eigenvalue weighted by atomic mass is 32.2. The van der Waals surface area contributed by atoms with Crippen LogP contribution >= 0.6 is 0 Å². The molecular weight excluding hydrogens is 342 g/mol. The summed E-state index contributed by atoms with van der Waals surface area (Å²) in [5, 5.41) is 0. The lowest BCUT2D eigenvalue weighted by molar-refractivity contribution is 0.507. The normalized spacial score (nSPS) is 16.8. The molecule has 1 unspecified atom stereocenters. The second-order valence-corrected chi connectivity index (χ2v) is 8.37. The van der Waals surface area contributed by atoms with Crippen LogP contribution in [0, 0.1) is 0 Å². The van der Waals surface area contributed by atoms with Crippen molar-refractivity contribution in [2.45, 2.75) is 30.2 Å². The number of hydrogen-bond donors (Lipinski definition) is 1. The molecule has 0 aromatic heterocycles. The second-order valence-electron chi connectivity index (χ2n) is 6.66. The predicted molar refractivity (Wildman–Crippen MR) is 104 cm³/mol. The predicted octanol–water partition coefficient (Wildman–Crippen LogP) is 4.71. The van der Waals surface area contributed by atoms with Gasteiger partial charge in [0, 0.05) is 6.04 Å². The van der Waals surface area contributed by atoms with Crippen molar-refractivity contribution in [2.24, 2.45) is 0 Å². The van der Waals surface area contributed by atoms with Gasteiger partial charge in [-0.1, -0.05) is 66.7 Å². The zero-order chi connectivity index (χ0) is 18.0. The van der Waals surface area contributed by atoms with Crippen LogP contribution in [0.4, 0.5) is 0 Å². The van der Waals surface area contributed by atoms with Crippen LogP contribution in [0.2, 0.25) is 0 Å². The van der Waals surface area contributed by atoms with Gasteiger partial charge in [-0.2, -0.15) is 0 Å². The molecule has 4 rings (SSSR count). The molecule has 0 saturated carbocycles. The van der Waals surface area contributed by atoms with E-state index in [-0.39, 0.29) is 6.04 Å². The van der Waals surface area contributed by atoms with E-state index < -0.39 is 10.0 Å². The third-order valence-electron chi connectivity index (χ3n) is 4.94. The third kappa shape index (κ3) is 3.43. The summed E-state index contributed by atoms with van der Waals surface area (Å²) in [6.07, 6.45) is 2.84. The van der Waals surface area contributed by atoms with Gasteiger partial charge in [0.05, 0.1) is 4.90 Å². The molecule has 3 aromatic rings. The van der Waals surface area contributed by atoms with Crippen molar-refractivity contribution in [1.29, 1.82) is 0 Å². The Morgan fingerprint density at radius 1 is 0.769 bits per heavy atom. The van der Waals surface area contributed by atoms with Crippen molar-refractivity contribution < 1.29 is 8.42 Å². The fourth-order valence-electron chi connectivity index (χ4n) is 3.59. The Balaban J connectivity index is 1.58. The molecule has 0 radical (unpaired) electrons. The Morgan fingerprint density at radius 2 is 1.42 bits per heavy atom. The first-order chi connectivity index (χ1) is 12.6. The second kappa shape index (κ2) is 7.06. The molecule has 0 amide bonds. The van der Waals surface area contributed by atoms with Crippen LogP contribution in [-0.2, 0) is 16.4 Å². The summed E-state index contributed by atoms with van der Waals surface area (Å²) in [4.78, 5) is 0.306. The molecule has 0 spiro atoms. The molecule has 1 aliphatic carbocycles. The minimum atomic E-state index is -3.55. The van der Waals surface area contributed by atoms with E-state index in [4.69, 9.17) is 0 Å². The van der Waals surface area contributed by atoms with Crippen molar-refractivity contribution in [1.82, 2.24) is 4.72 Å². The van der Waals surface area contributed by atoms with E-state index in [9.17, 15) is 8.42 Å². The molecule has 4 heteroatoms. The largest absolute Gasteiger partial charge is 0.241 e. The van der Waals surface area contributed by atoms with Gasteiger partial charge in [-0.05, 0) is 53.6 Å². The maximum absolute atomic E-state index is 12.8. The SMILES string of the molecule is O=S(=O)(NC1CCCc2ccccc21)c1ccc(-c2ccccc2)cc1. The molecule has 1 atom stereocenters. The smallest absolute Gasteiger partial charge is 0.207 e. The fraction of sp³-hybridized carbons (Fsp3) is 0.182. The van der Waals surface area contributed by atoms with Crippen molar-refractivity contribution in [2.75, 3.05) is 0 Å². The fourth-order valence-corrected chi connectivity index (χ4v) is 4.84. The van der Waals surface area contributed by atoms with Gasteiger partial charge >= 0.3 is 0 Å². The average Bonchev–Trinajstić information content (AvgIpc) is 2.69. The summed E-state index contributed by atoms with van der Waals surface area (Å²) in [7, 11) is -3.55. The Kier molecular flexibility index (Phi) is 4.62. The summed E-state index contributed by atoms with van der Waals surface area (Å²) in [5.41, 5.74) is 4.42. The third-order valence-corrected chi connectivity index (χ3v) is 6.43. The van der Waals surface area contributed by atoms with E-state index in [2.05, 4.69) is 10.8 Å². The van der Waals surface area contributed by atoms with Crippen molar-refractivity contribution >= 4 is 10.0 Å². The number of rotatable bonds is 4. The van der Waals surface area contributed by atoms with Crippen LogP contribution in [0.25, 0.3) is 11.1 Å². The van der Waals surface area contributed by atoms with Gasteiger partial charge in [-0.25, -0.2) is 13.1 Å². The Labute approximate surface area is 154 Å². The molecular formula is C22H21NO2S. The first kappa shape index (κ1) is 17.0. The highest BCUT2D eigenvalue weighted by Crippen LogP contribution is 2.31. The molecule has 1 aliphatic rings. The zero-order valence-corrected chi connectivity index (χ0v) is 15.2. The molecule has 0 bridgehead atoms. The van der Waals surface area contributed by atoms with Crippen LogP contribution in [0.15, 0.2) is 83.8 Å². The topological polar surface area (TPSA) is 46.2 Å². The van der Waals surface area contributed by atoms with E-state index in [1.54, 1.807) is 12.1 Å². The summed E-state index contributed by atoms with van der Waals surface area (Å²) in [6.45, 7) is 0. The van der Waals surface area contributed by atoms with Crippen LogP contribution in [0.1, 0.15) is 30.0 Å². The summed E-state index contributed by atoms with van der Waals surface area (Å²) < 4.78 is 28.6. The first-order valence-corrected chi connectivity index (χ1v) is 10.4. The zero-order valence-electron chi connectivity index (χ0n) is 14.4. The lowest BCUT2D eigenvalue weighted by Gasteiger charge is -2.26. The monoisotopic (exact) mass is 363 g/mol. The Morgan fingerprint density at radius 3 is 2.19 bits per heavy atom. The van der Waals surface area contributed by atoms with Gasteiger partial charge in [0.25, 0.3) is 0 Å². The van der Waals surface area contributed by atoms with Crippen LogP contribution < -0.4 is 4.72 Å². The molecule has 0 saturated heterocycles. The van der Waals surface area contributed by atoms with Gasteiger partial charge in [0.15, 0.2) is 0 Å². The molecule has 26 heavy (non-hydrogen) atoms. The quantitative estimate of drug-likeness (QED) is 0.730. The molecule has 0 fully saturated rings. The van der Waals surface area contributed by atoms with E-state index in [1.165, 1.54) is 5.56 Å². The highest BCUT2D eigenvalue weighted by Gasteiger charge is 2.25. The number of aryl methyl sites for hydroxylation is 1. The minimum absolute atomic E-state index is 0.154. The van der Waals surface area contributed by atoms with E-state index in [0.29, 0.717) is 4.90 Å². The van der Waals surface area contributed by atoms with Crippen LogP contribution in [-0.4, -0.2) is 8.42 Å². The molecule has 3 aromatic carbocycles. The first-order valence-electron chi connectivity index (χ1n) is 8.89. The Bertz CT molecular complexity index is 996. The van der Waals surface area contributed by atoms with E-state index >= 15 is 0 Å². The molecule has 0 heterocycles. The maximum Gasteiger partial charge on any atom is 0.241 e. The van der Waals surface area contributed by atoms with E-state index in [0.717, 1.165) is 36.0 Å². The summed E-state index contributed by atoms with van der Waals surface area (Å²) >= 11 is 0. The summed E-state index contributed by atoms with van der Waals surface area (Å²) in [5.74, 6) is 0. The molecule has 1 N–H and O–H groups in total. The maximum atomic E-state index is 12.8. The lowest BCUT2D eigenvalue weighted by atomic mass is 9.88. The van der Waals surface area contributed by atoms with Gasteiger partial charge < -0.3 is 0 Å². The number of fused-ring (bicyclic) bond motifs is 1. The highest BCUT2D eigenvalue weighted by molar-refractivity contribution is 7.89. The number of hydrogen-bond acceptors (Lipinski definition) is 2. The van der Waals surface area contributed by atoms with Gasteiger partial charge in [0.1, 0.15) is 0 Å². The van der Waals surface area contributed by atoms with Crippen molar-refractivity contribution in [3.63, 3.8) is 0 Å². The van der Waals surface area contributed by atoms with Crippen molar-refractivity contribution in [3.05, 3.63) is 90.0 Å². The standard InChI is InChI=1S/C22H21NO2S/c24-26(25,23-22-12-6-10-19-9-4-5-11-21(19)22)20-15-13-18(14-16-20)17-7-2-1-3-8-17/h1-5,7-9,11,13-16,22-23H,6,10,12H2.